The number of hydrogen-bond acceptors (Lipinski definition) is 1. The molecule has 0 aromatic heterocycles. The van der Waals surface area contributed by atoms with E-state index in [-0.39, 0.29) is 0 Å². The van der Waals surface area contributed by atoms with E-state index in [1.807, 2.05) is 7.05 Å². The minimum Gasteiger partial charge on any atom is -0.316 e. The molecule has 0 atom stereocenters. The molecule has 1 aromatic carbocycles. The van der Waals surface area contributed by atoms with Gasteiger partial charge in [-0.15, -0.1) is 0 Å². The van der Waals surface area contributed by atoms with Gasteiger partial charge in [-0.2, -0.15) is 0 Å². The number of hydrogen-bond donors (Lipinski definition) is 1. The monoisotopic (exact) mass is 191 g/mol. The van der Waals surface area contributed by atoms with Crippen molar-refractivity contribution in [2.45, 2.75) is 39.2 Å². The molecule has 0 radical (unpaired) electrons. The Hall–Kier alpha value is -0.820. The van der Waals surface area contributed by atoms with Crippen LogP contribution in [0.2, 0.25) is 0 Å². The second kappa shape index (κ2) is 4.61. The van der Waals surface area contributed by atoms with Gasteiger partial charge in [-0.25, -0.2) is 0 Å². The molecule has 0 spiro atoms. The van der Waals surface area contributed by atoms with Crippen LogP contribution in [-0.2, 0) is 12.0 Å². The summed E-state index contributed by atoms with van der Waals surface area (Å²) in [4.78, 5) is 0. The van der Waals surface area contributed by atoms with Gasteiger partial charge in [-0.3, -0.25) is 0 Å². The maximum Gasteiger partial charge on any atom is 0.0202 e. The largest absolute Gasteiger partial charge is 0.316 e. The molecule has 0 fully saturated rings. The first kappa shape index (κ1) is 11.3. The first-order valence-electron chi connectivity index (χ1n) is 5.34. The molecule has 1 rings (SSSR count). The standard InChI is InChI=1S/C13H21N/c1-5-13(2,3)12-8-6-11(7-9-12)10-14-4/h6-9,14H,5,10H2,1-4H3. The Balaban J connectivity index is 2.82. The lowest BCUT2D eigenvalue weighted by molar-refractivity contribution is 0.506. The lowest BCUT2D eigenvalue weighted by Crippen LogP contribution is -2.15. The molecule has 14 heavy (non-hydrogen) atoms. The summed E-state index contributed by atoms with van der Waals surface area (Å²) in [5.41, 5.74) is 3.08. The summed E-state index contributed by atoms with van der Waals surface area (Å²) in [5, 5.41) is 3.16. The van der Waals surface area contributed by atoms with Gasteiger partial charge in [-0.1, -0.05) is 45.0 Å². The van der Waals surface area contributed by atoms with E-state index < -0.39 is 0 Å². The van der Waals surface area contributed by atoms with Crippen molar-refractivity contribution in [1.82, 2.24) is 5.32 Å². The second-order valence-electron chi connectivity index (χ2n) is 4.46. The summed E-state index contributed by atoms with van der Waals surface area (Å²) < 4.78 is 0. The van der Waals surface area contributed by atoms with Crippen LogP contribution in [0.5, 0.6) is 0 Å². The third-order valence-corrected chi connectivity index (χ3v) is 3.00. The Morgan fingerprint density at radius 1 is 1.14 bits per heavy atom. The lowest BCUT2D eigenvalue weighted by atomic mass is 9.82. The van der Waals surface area contributed by atoms with E-state index in [0.29, 0.717) is 5.41 Å². The van der Waals surface area contributed by atoms with Crippen LogP contribution in [0.15, 0.2) is 24.3 Å². The van der Waals surface area contributed by atoms with E-state index >= 15 is 0 Å². The zero-order chi connectivity index (χ0) is 10.6. The minimum absolute atomic E-state index is 0.304. The van der Waals surface area contributed by atoms with Crippen LogP contribution >= 0.6 is 0 Å². The third kappa shape index (κ3) is 2.58. The minimum atomic E-state index is 0.304. The van der Waals surface area contributed by atoms with Crippen molar-refractivity contribution in [3.8, 4) is 0 Å². The van der Waals surface area contributed by atoms with Crippen molar-refractivity contribution in [3.63, 3.8) is 0 Å². The maximum atomic E-state index is 3.16. The van der Waals surface area contributed by atoms with E-state index in [9.17, 15) is 0 Å². The van der Waals surface area contributed by atoms with Crippen LogP contribution in [0.3, 0.4) is 0 Å². The molecule has 0 saturated carbocycles. The van der Waals surface area contributed by atoms with Crippen LogP contribution in [0.1, 0.15) is 38.3 Å². The van der Waals surface area contributed by atoms with Crippen molar-refractivity contribution in [1.29, 1.82) is 0 Å². The van der Waals surface area contributed by atoms with E-state index in [1.54, 1.807) is 0 Å². The van der Waals surface area contributed by atoms with Crippen LogP contribution in [-0.4, -0.2) is 7.05 Å². The molecule has 0 aliphatic heterocycles. The Bertz CT molecular complexity index is 272. The first-order chi connectivity index (χ1) is 6.60. The zero-order valence-corrected chi connectivity index (χ0v) is 9.72. The van der Waals surface area contributed by atoms with Crippen molar-refractivity contribution >= 4 is 0 Å². The van der Waals surface area contributed by atoms with Gasteiger partial charge in [0.2, 0.25) is 0 Å². The van der Waals surface area contributed by atoms with Crippen molar-refractivity contribution in [2.24, 2.45) is 0 Å². The molecule has 1 heteroatoms. The molecule has 0 unspecified atom stereocenters. The van der Waals surface area contributed by atoms with E-state index in [4.69, 9.17) is 0 Å². The van der Waals surface area contributed by atoms with Crippen LogP contribution in [0, 0.1) is 0 Å². The lowest BCUT2D eigenvalue weighted by Gasteiger charge is -2.23. The highest BCUT2D eigenvalue weighted by molar-refractivity contribution is 5.27. The quantitative estimate of drug-likeness (QED) is 0.771. The average molecular weight is 191 g/mol. The second-order valence-corrected chi connectivity index (χ2v) is 4.46. The number of benzene rings is 1. The Labute approximate surface area is 87.5 Å². The molecule has 0 heterocycles. The Morgan fingerprint density at radius 3 is 2.14 bits per heavy atom. The number of rotatable bonds is 4. The molecular weight excluding hydrogens is 170 g/mol. The zero-order valence-electron chi connectivity index (χ0n) is 9.72. The SMILES string of the molecule is CCC(C)(C)c1ccc(CNC)cc1. The first-order valence-corrected chi connectivity index (χ1v) is 5.34. The molecule has 0 aliphatic carbocycles. The average Bonchev–Trinajstić information content (AvgIpc) is 2.19. The van der Waals surface area contributed by atoms with Crippen molar-refractivity contribution in [2.75, 3.05) is 7.05 Å². The van der Waals surface area contributed by atoms with Crippen LogP contribution < -0.4 is 5.32 Å². The van der Waals surface area contributed by atoms with Crippen LogP contribution in [0.25, 0.3) is 0 Å². The third-order valence-electron chi connectivity index (χ3n) is 3.00. The summed E-state index contributed by atoms with van der Waals surface area (Å²) in [7, 11) is 1.98. The fourth-order valence-corrected chi connectivity index (χ4v) is 1.48. The van der Waals surface area contributed by atoms with Crippen molar-refractivity contribution in [3.05, 3.63) is 35.4 Å². The smallest absolute Gasteiger partial charge is 0.0202 e. The van der Waals surface area contributed by atoms with Crippen molar-refractivity contribution < 1.29 is 0 Å². The van der Waals surface area contributed by atoms with Gasteiger partial charge in [0.1, 0.15) is 0 Å². The molecule has 78 valence electrons. The molecule has 1 nitrogen and oxygen atoms in total. The van der Waals surface area contributed by atoms with Gasteiger partial charge in [0, 0.05) is 6.54 Å². The molecule has 0 amide bonds. The predicted molar refractivity (Wildman–Crippen MR) is 62.5 cm³/mol. The normalized spacial score (nSPS) is 11.7. The highest BCUT2D eigenvalue weighted by atomic mass is 14.8. The summed E-state index contributed by atoms with van der Waals surface area (Å²) in [6, 6.07) is 8.92. The van der Waals surface area contributed by atoms with Gasteiger partial charge in [-0.05, 0) is 30.0 Å². The fraction of sp³-hybridized carbons (Fsp3) is 0.538. The van der Waals surface area contributed by atoms with Gasteiger partial charge >= 0.3 is 0 Å². The summed E-state index contributed by atoms with van der Waals surface area (Å²) in [6.45, 7) is 7.77. The summed E-state index contributed by atoms with van der Waals surface area (Å²) in [5.74, 6) is 0. The Morgan fingerprint density at radius 2 is 1.71 bits per heavy atom. The molecule has 1 aromatic rings. The van der Waals surface area contributed by atoms with Gasteiger partial charge in [0.25, 0.3) is 0 Å². The predicted octanol–water partition coefficient (Wildman–Crippen LogP) is 3.09. The summed E-state index contributed by atoms with van der Waals surface area (Å²) in [6.07, 6.45) is 1.18. The highest BCUT2D eigenvalue weighted by Gasteiger charge is 2.17. The number of nitrogens with one attached hydrogen (secondary N) is 1. The van der Waals surface area contributed by atoms with Gasteiger partial charge < -0.3 is 5.32 Å². The fourth-order valence-electron chi connectivity index (χ4n) is 1.48. The van der Waals surface area contributed by atoms with E-state index in [2.05, 4.69) is 50.4 Å². The molecule has 1 N–H and O–H groups in total. The summed E-state index contributed by atoms with van der Waals surface area (Å²) >= 11 is 0. The topological polar surface area (TPSA) is 12.0 Å². The molecule has 0 saturated heterocycles. The van der Waals surface area contributed by atoms with Gasteiger partial charge in [0.15, 0.2) is 0 Å². The Kier molecular flexibility index (Phi) is 3.70. The molecule has 0 aliphatic rings. The maximum absolute atomic E-state index is 3.16. The van der Waals surface area contributed by atoms with Gasteiger partial charge in [0.05, 0.1) is 0 Å². The molecule has 0 bridgehead atoms. The highest BCUT2D eigenvalue weighted by Crippen LogP contribution is 2.26. The van der Waals surface area contributed by atoms with E-state index in [0.717, 1.165) is 6.54 Å². The molecular formula is C13H21N. The van der Waals surface area contributed by atoms with E-state index in [1.165, 1.54) is 17.5 Å². The van der Waals surface area contributed by atoms with Crippen LogP contribution in [0.4, 0.5) is 0 Å².